The van der Waals surface area contributed by atoms with Gasteiger partial charge in [0.2, 0.25) is 0 Å². The third-order valence-corrected chi connectivity index (χ3v) is 1.79. The van der Waals surface area contributed by atoms with Crippen LogP contribution < -0.4 is 5.73 Å². The third-order valence-electron chi connectivity index (χ3n) is 1.79. The number of nitrogens with two attached hydrogens (primary N) is 1. The smallest absolute Gasteiger partial charge is 0.0860 e. The molecular formula is C9H12N2. The Labute approximate surface area is 66.8 Å². The maximum atomic E-state index is 5.19. The van der Waals surface area contributed by atoms with E-state index in [1.807, 2.05) is 19.1 Å². The summed E-state index contributed by atoms with van der Waals surface area (Å²) in [4.78, 5) is 4.02. The summed E-state index contributed by atoms with van der Waals surface area (Å²) in [5.41, 5.74) is 8.57. The second-order valence-corrected chi connectivity index (χ2v) is 2.50. The van der Waals surface area contributed by atoms with Crippen LogP contribution in [0.1, 0.15) is 11.1 Å². The standard InChI is InChI=1S/C9H12N2/c1-7-4-3-5-9(8(7)2)11-6-10/h3-6H,1-2H3,(H2,10,11). The fourth-order valence-corrected chi connectivity index (χ4v) is 0.956. The average Bonchev–Trinajstić information content (AvgIpc) is 1.99. The van der Waals surface area contributed by atoms with Crippen molar-refractivity contribution in [3.63, 3.8) is 0 Å². The van der Waals surface area contributed by atoms with Crippen LogP contribution in [0.25, 0.3) is 0 Å². The van der Waals surface area contributed by atoms with Gasteiger partial charge in [0, 0.05) is 0 Å². The first-order valence-electron chi connectivity index (χ1n) is 3.56. The lowest BCUT2D eigenvalue weighted by Crippen LogP contribution is -1.88. The van der Waals surface area contributed by atoms with Gasteiger partial charge in [0.1, 0.15) is 0 Å². The SMILES string of the molecule is Cc1cccc(N=CN)c1C. The predicted molar refractivity (Wildman–Crippen MR) is 48.3 cm³/mol. The van der Waals surface area contributed by atoms with Crippen LogP contribution in [0.5, 0.6) is 0 Å². The molecule has 0 fully saturated rings. The molecule has 0 atom stereocenters. The van der Waals surface area contributed by atoms with Crippen LogP contribution in [0, 0.1) is 13.8 Å². The average molecular weight is 148 g/mol. The van der Waals surface area contributed by atoms with Crippen LogP contribution in [-0.2, 0) is 0 Å². The van der Waals surface area contributed by atoms with Gasteiger partial charge in [-0.2, -0.15) is 0 Å². The maximum absolute atomic E-state index is 5.19. The zero-order chi connectivity index (χ0) is 8.27. The highest BCUT2D eigenvalue weighted by Crippen LogP contribution is 2.19. The van der Waals surface area contributed by atoms with E-state index in [9.17, 15) is 0 Å². The molecule has 0 amide bonds. The van der Waals surface area contributed by atoms with E-state index in [2.05, 4.69) is 18.0 Å². The molecule has 1 aromatic rings. The first kappa shape index (κ1) is 7.79. The summed E-state index contributed by atoms with van der Waals surface area (Å²) >= 11 is 0. The molecule has 0 saturated heterocycles. The second-order valence-electron chi connectivity index (χ2n) is 2.50. The Morgan fingerprint density at radius 2 is 2.09 bits per heavy atom. The minimum absolute atomic E-state index is 0.951. The molecule has 0 unspecified atom stereocenters. The van der Waals surface area contributed by atoms with Gasteiger partial charge < -0.3 is 5.73 Å². The fraction of sp³-hybridized carbons (Fsp3) is 0.222. The van der Waals surface area contributed by atoms with E-state index in [0.29, 0.717) is 0 Å². The molecule has 58 valence electrons. The van der Waals surface area contributed by atoms with Crippen LogP contribution in [0.4, 0.5) is 5.69 Å². The first-order valence-corrected chi connectivity index (χ1v) is 3.56. The maximum Gasteiger partial charge on any atom is 0.0860 e. The Balaban J connectivity index is 3.16. The zero-order valence-corrected chi connectivity index (χ0v) is 6.83. The van der Waals surface area contributed by atoms with Gasteiger partial charge in [-0.05, 0) is 31.0 Å². The van der Waals surface area contributed by atoms with Crippen LogP contribution in [0.2, 0.25) is 0 Å². The van der Waals surface area contributed by atoms with Gasteiger partial charge in [-0.25, -0.2) is 4.99 Å². The molecule has 0 radical (unpaired) electrons. The molecule has 1 rings (SSSR count). The van der Waals surface area contributed by atoms with E-state index in [0.717, 1.165) is 5.69 Å². The summed E-state index contributed by atoms with van der Waals surface area (Å²) in [5.74, 6) is 0. The number of aryl methyl sites for hydroxylation is 1. The van der Waals surface area contributed by atoms with E-state index in [4.69, 9.17) is 5.73 Å². The lowest BCUT2D eigenvalue weighted by atomic mass is 10.1. The van der Waals surface area contributed by atoms with Crippen molar-refractivity contribution in [3.05, 3.63) is 29.3 Å². The Morgan fingerprint density at radius 1 is 1.36 bits per heavy atom. The van der Waals surface area contributed by atoms with Crippen molar-refractivity contribution in [1.29, 1.82) is 0 Å². The molecule has 0 spiro atoms. The molecule has 0 aliphatic carbocycles. The largest absolute Gasteiger partial charge is 0.390 e. The van der Waals surface area contributed by atoms with E-state index in [1.54, 1.807) is 0 Å². The summed E-state index contributed by atoms with van der Waals surface area (Å²) in [7, 11) is 0. The van der Waals surface area contributed by atoms with E-state index < -0.39 is 0 Å². The van der Waals surface area contributed by atoms with Gasteiger partial charge in [-0.3, -0.25) is 0 Å². The van der Waals surface area contributed by atoms with E-state index in [1.165, 1.54) is 17.5 Å². The topological polar surface area (TPSA) is 38.4 Å². The van der Waals surface area contributed by atoms with Gasteiger partial charge in [0.25, 0.3) is 0 Å². The number of nitrogens with zero attached hydrogens (tertiary/aromatic N) is 1. The molecule has 2 N–H and O–H groups in total. The molecule has 0 aliphatic heterocycles. The minimum atomic E-state index is 0.951. The Morgan fingerprint density at radius 3 is 2.73 bits per heavy atom. The van der Waals surface area contributed by atoms with E-state index >= 15 is 0 Å². The van der Waals surface area contributed by atoms with Crippen LogP contribution in [0.15, 0.2) is 23.2 Å². The molecule has 0 aliphatic rings. The monoisotopic (exact) mass is 148 g/mol. The lowest BCUT2D eigenvalue weighted by molar-refractivity contribution is 1.31. The molecule has 11 heavy (non-hydrogen) atoms. The number of hydrogen-bond acceptors (Lipinski definition) is 1. The van der Waals surface area contributed by atoms with Crippen molar-refractivity contribution >= 4 is 12.0 Å². The van der Waals surface area contributed by atoms with Crippen molar-refractivity contribution in [2.45, 2.75) is 13.8 Å². The number of hydrogen-bond donors (Lipinski definition) is 1. The lowest BCUT2D eigenvalue weighted by Gasteiger charge is -2.01. The zero-order valence-electron chi connectivity index (χ0n) is 6.83. The highest BCUT2D eigenvalue weighted by molar-refractivity contribution is 5.61. The molecule has 2 nitrogen and oxygen atoms in total. The van der Waals surface area contributed by atoms with Gasteiger partial charge in [-0.1, -0.05) is 12.1 Å². The Kier molecular flexibility index (Phi) is 2.26. The summed E-state index contributed by atoms with van der Waals surface area (Å²) < 4.78 is 0. The van der Waals surface area contributed by atoms with Crippen molar-refractivity contribution in [1.82, 2.24) is 0 Å². The highest BCUT2D eigenvalue weighted by Gasteiger charge is 1.95. The molecular weight excluding hydrogens is 136 g/mol. The molecule has 0 aromatic heterocycles. The second kappa shape index (κ2) is 3.19. The van der Waals surface area contributed by atoms with Gasteiger partial charge in [-0.15, -0.1) is 0 Å². The normalized spacial score (nSPS) is 10.7. The van der Waals surface area contributed by atoms with Crippen molar-refractivity contribution in [2.75, 3.05) is 0 Å². The summed E-state index contributed by atoms with van der Waals surface area (Å²) in [6.45, 7) is 4.10. The number of rotatable bonds is 1. The van der Waals surface area contributed by atoms with Gasteiger partial charge in [0.05, 0.1) is 12.0 Å². The fourth-order valence-electron chi connectivity index (χ4n) is 0.956. The molecule has 0 saturated carbocycles. The molecule has 0 bridgehead atoms. The Bertz CT molecular complexity index is 277. The summed E-state index contributed by atoms with van der Waals surface area (Å²) in [5, 5.41) is 0. The summed E-state index contributed by atoms with van der Waals surface area (Å²) in [6, 6.07) is 5.99. The van der Waals surface area contributed by atoms with Crippen molar-refractivity contribution in [2.24, 2.45) is 10.7 Å². The molecule has 1 aromatic carbocycles. The number of aliphatic imine (C=N–C) groups is 1. The predicted octanol–water partition coefficient (Wildman–Crippen LogP) is 1.92. The highest BCUT2D eigenvalue weighted by atomic mass is 14.8. The quantitative estimate of drug-likeness (QED) is 0.479. The first-order chi connectivity index (χ1) is 5.25. The summed E-state index contributed by atoms with van der Waals surface area (Å²) in [6.07, 6.45) is 1.32. The van der Waals surface area contributed by atoms with Crippen molar-refractivity contribution in [3.8, 4) is 0 Å². The molecule has 2 heteroatoms. The van der Waals surface area contributed by atoms with Crippen LogP contribution in [-0.4, -0.2) is 6.34 Å². The van der Waals surface area contributed by atoms with E-state index in [-0.39, 0.29) is 0 Å². The third kappa shape index (κ3) is 1.58. The number of benzene rings is 1. The molecule has 0 heterocycles. The van der Waals surface area contributed by atoms with Crippen LogP contribution >= 0.6 is 0 Å². The van der Waals surface area contributed by atoms with Crippen LogP contribution in [0.3, 0.4) is 0 Å². The van der Waals surface area contributed by atoms with Crippen molar-refractivity contribution < 1.29 is 0 Å². The van der Waals surface area contributed by atoms with Gasteiger partial charge in [0.15, 0.2) is 0 Å². The van der Waals surface area contributed by atoms with Gasteiger partial charge >= 0.3 is 0 Å². The minimum Gasteiger partial charge on any atom is -0.390 e. The Hall–Kier alpha value is -1.31.